The second-order valence-corrected chi connectivity index (χ2v) is 8.37. The summed E-state index contributed by atoms with van der Waals surface area (Å²) in [6.07, 6.45) is 13.7. The predicted octanol–water partition coefficient (Wildman–Crippen LogP) is 2.70. The highest BCUT2D eigenvalue weighted by atomic mass is 32.1. The van der Waals surface area contributed by atoms with Gasteiger partial charge in [-0.05, 0) is 43.3 Å². The van der Waals surface area contributed by atoms with E-state index in [9.17, 15) is 4.79 Å². The number of hydrogen-bond acceptors (Lipinski definition) is 9. The Bertz CT molecular complexity index is 1360. The standard InChI is InChI=1S/C23H26N8O.O2S/c1-2-7-30-8-4-19(5-9-30)31-14-18(13-27-31)28-22-21-16(3-6-26-23(21)32)10-20(29-22)17-11-24-15-25-12-17;1-3-2/h3,6,10-15,19H,2,4-5,7-9H2,1H3,(H,26,32)(H,28,29);. The van der Waals surface area contributed by atoms with Gasteiger partial charge < -0.3 is 15.2 Å². The summed E-state index contributed by atoms with van der Waals surface area (Å²) in [7, 11) is 0. The van der Waals surface area contributed by atoms with Crippen molar-refractivity contribution in [2.45, 2.75) is 32.2 Å². The van der Waals surface area contributed by atoms with Crippen LogP contribution in [-0.2, 0) is 11.6 Å². The van der Waals surface area contributed by atoms with Crippen LogP contribution in [0.15, 0.2) is 54.2 Å². The Morgan fingerprint density at radius 2 is 1.91 bits per heavy atom. The second kappa shape index (κ2) is 11.6. The largest absolute Gasteiger partial charge is 0.337 e. The molecule has 0 radical (unpaired) electrons. The van der Waals surface area contributed by atoms with Gasteiger partial charge in [0.05, 0.1) is 29.0 Å². The first-order valence-electron chi connectivity index (χ1n) is 11.4. The number of aromatic amines is 1. The third-order valence-electron chi connectivity index (χ3n) is 5.95. The Morgan fingerprint density at radius 3 is 2.63 bits per heavy atom. The average Bonchev–Trinajstić information content (AvgIpc) is 3.34. The normalized spacial score (nSPS) is 14.3. The Kier molecular flexibility index (Phi) is 8.06. The number of anilines is 2. The average molecular weight is 495 g/mol. The van der Waals surface area contributed by atoms with Crippen molar-refractivity contribution in [2.75, 3.05) is 25.0 Å². The highest BCUT2D eigenvalue weighted by Crippen LogP contribution is 2.28. The van der Waals surface area contributed by atoms with Crippen LogP contribution >= 0.6 is 0 Å². The molecule has 5 heterocycles. The lowest BCUT2D eigenvalue weighted by Gasteiger charge is -2.31. The number of pyridine rings is 2. The molecule has 4 aromatic heterocycles. The molecular weight excluding hydrogens is 468 g/mol. The van der Waals surface area contributed by atoms with Crippen LogP contribution in [0.1, 0.15) is 32.2 Å². The number of piperidine rings is 1. The van der Waals surface area contributed by atoms with E-state index >= 15 is 0 Å². The van der Waals surface area contributed by atoms with E-state index in [1.165, 1.54) is 12.7 Å². The van der Waals surface area contributed by atoms with Crippen molar-refractivity contribution >= 4 is 33.8 Å². The monoisotopic (exact) mass is 494 g/mol. The zero-order chi connectivity index (χ0) is 24.6. The maximum absolute atomic E-state index is 12.6. The third-order valence-corrected chi connectivity index (χ3v) is 5.95. The Morgan fingerprint density at radius 1 is 1.17 bits per heavy atom. The molecule has 0 spiro atoms. The minimum absolute atomic E-state index is 0.191. The molecule has 0 aromatic carbocycles. The molecule has 5 rings (SSSR count). The van der Waals surface area contributed by atoms with Gasteiger partial charge in [0.15, 0.2) is 0 Å². The molecule has 2 N–H and O–H groups in total. The van der Waals surface area contributed by atoms with E-state index in [2.05, 4.69) is 37.2 Å². The van der Waals surface area contributed by atoms with Crippen LogP contribution in [0.25, 0.3) is 22.0 Å². The number of rotatable bonds is 6. The molecule has 11 nitrogen and oxygen atoms in total. The van der Waals surface area contributed by atoms with Crippen molar-refractivity contribution in [3.8, 4) is 11.3 Å². The van der Waals surface area contributed by atoms with Crippen LogP contribution in [0.3, 0.4) is 0 Å². The van der Waals surface area contributed by atoms with Crippen molar-refractivity contribution in [3.63, 3.8) is 0 Å². The highest BCUT2D eigenvalue weighted by Gasteiger charge is 2.21. The van der Waals surface area contributed by atoms with Crippen LogP contribution < -0.4 is 10.9 Å². The Balaban J connectivity index is 0.000000917. The molecule has 0 aliphatic carbocycles. The van der Waals surface area contributed by atoms with Gasteiger partial charge in [0, 0.05) is 43.4 Å². The predicted molar refractivity (Wildman–Crippen MR) is 133 cm³/mol. The van der Waals surface area contributed by atoms with E-state index in [0.29, 0.717) is 22.9 Å². The Labute approximate surface area is 205 Å². The molecule has 0 amide bonds. The summed E-state index contributed by atoms with van der Waals surface area (Å²) >= 11 is -0.750. The third kappa shape index (κ3) is 5.84. The number of aromatic nitrogens is 6. The molecule has 182 valence electrons. The van der Waals surface area contributed by atoms with Gasteiger partial charge in [0.1, 0.15) is 12.1 Å². The summed E-state index contributed by atoms with van der Waals surface area (Å²) in [5.74, 6) is 0.487. The highest BCUT2D eigenvalue weighted by molar-refractivity contribution is 7.51. The lowest BCUT2D eigenvalue weighted by molar-refractivity contribution is 0.180. The minimum Gasteiger partial charge on any atom is -0.337 e. The first kappa shape index (κ1) is 24.4. The number of likely N-dealkylation sites (tertiary alicyclic amines) is 1. The molecule has 1 aliphatic rings. The molecule has 1 fully saturated rings. The molecule has 1 saturated heterocycles. The van der Waals surface area contributed by atoms with Gasteiger partial charge in [-0.15, -0.1) is 0 Å². The van der Waals surface area contributed by atoms with Gasteiger partial charge in [-0.2, -0.15) is 13.5 Å². The zero-order valence-corrected chi connectivity index (χ0v) is 20.1. The fourth-order valence-electron chi connectivity index (χ4n) is 4.35. The smallest absolute Gasteiger partial charge is 0.335 e. The van der Waals surface area contributed by atoms with Gasteiger partial charge in [0.25, 0.3) is 5.56 Å². The number of nitrogens with zero attached hydrogens (tertiary/aromatic N) is 6. The lowest BCUT2D eigenvalue weighted by atomic mass is 10.1. The van der Waals surface area contributed by atoms with E-state index in [0.717, 1.165) is 49.1 Å². The van der Waals surface area contributed by atoms with Crippen LogP contribution in [0, 0.1) is 0 Å². The van der Waals surface area contributed by atoms with Gasteiger partial charge in [-0.3, -0.25) is 9.48 Å². The lowest BCUT2D eigenvalue weighted by Crippen LogP contribution is -2.35. The summed E-state index contributed by atoms with van der Waals surface area (Å²) in [6, 6.07) is 4.13. The quantitative estimate of drug-likeness (QED) is 0.414. The van der Waals surface area contributed by atoms with Crippen molar-refractivity contribution in [1.29, 1.82) is 0 Å². The minimum atomic E-state index is -0.750. The van der Waals surface area contributed by atoms with Crippen LogP contribution in [0.5, 0.6) is 0 Å². The Hall–Kier alpha value is -3.77. The molecule has 35 heavy (non-hydrogen) atoms. The molecule has 0 bridgehead atoms. The van der Waals surface area contributed by atoms with Crippen molar-refractivity contribution < 1.29 is 8.42 Å². The first-order chi connectivity index (χ1) is 17.1. The summed E-state index contributed by atoms with van der Waals surface area (Å²) < 4.78 is 18.6. The molecule has 12 heteroatoms. The van der Waals surface area contributed by atoms with E-state index < -0.39 is 11.6 Å². The van der Waals surface area contributed by atoms with Crippen LogP contribution in [-0.4, -0.2) is 62.7 Å². The number of H-pyrrole nitrogens is 1. The topological polar surface area (TPSA) is 139 Å². The van der Waals surface area contributed by atoms with Crippen LogP contribution in [0.4, 0.5) is 11.5 Å². The van der Waals surface area contributed by atoms with E-state index in [4.69, 9.17) is 13.4 Å². The molecule has 0 unspecified atom stereocenters. The molecular formula is C23H26N8O3S. The maximum Gasteiger partial charge on any atom is 0.335 e. The van der Waals surface area contributed by atoms with E-state index in [1.54, 1.807) is 24.8 Å². The number of nitrogens with one attached hydrogen (secondary N) is 2. The first-order valence-corrected chi connectivity index (χ1v) is 12.0. The van der Waals surface area contributed by atoms with Crippen molar-refractivity contribution in [3.05, 3.63) is 59.8 Å². The zero-order valence-electron chi connectivity index (χ0n) is 19.3. The van der Waals surface area contributed by atoms with Gasteiger partial charge >= 0.3 is 11.6 Å². The van der Waals surface area contributed by atoms with Gasteiger partial charge in [-0.1, -0.05) is 6.92 Å². The van der Waals surface area contributed by atoms with Crippen molar-refractivity contribution in [1.82, 2.24) is 34.6 Å². The second-order valence-electron chi connectivity index (χ2n) is 8.23. The number of fused-ring (bicyclic) bond motifs is 1. The maximum atomic E-state index is 12.6. The van der Waals surface area contributed by atoms with E-state index in [1.807, 2.05) is 23.0 Å². The SMILES string of the molecule is CCCN1CCC(n2cc(Nc3nc(-c4cncnc4)cc4cc[nH]c(=O)c34)cn2)CC1.O=S=O. The fourth-order valence-corrected chi connectivity index (χ4v) is 4.35. The summed E-state index contributed by atoms with van der Waals surface area (Å²) in [6.45, 7) is 5.59. The van der Waals surface area contributed by atoms with Gasteiger partial charge in [0.2, 0.25) is 0 Å². The fraction of sp³-hybridized carbons (Fsp3) is 0.348. The summed E-state index contributed by atoms with van der Waals surface area (Å²) in [4.78, 5) is 30.7. The van der Waals surface area contributed by atoms with Crippen LogP contribution in [0.2, 0.25) is 0 Å². The summed E-state index contributed by atoms with van der Waals surface area (Å²) in [5.41, 5.74) is 2.10. The molecule has 4 aromatic rings. The molecule has 1 aliphatic heterocycles. The molecule has 0 saturated carbocycles. The van der Waals surface area contributed by atoms with E-state index in [-0.39, 0.29) is 5.56 Å². The summed E-state index contributed by atoms with van der Waals surface area (Å²) in [5, 5.41) is 9.21. The number of hydrogen-bond donors (Lipinski definition) is 2. The molecule has 0 atom stereocenters. The van der Waals surface area contributed by atoms with Gasteiger partial charge in [-0.25, -0.2) is 15.0 Å². The van der Waals surface area contributed by atoms with Crippen molar-refractivity contribution in [2.24, 2.45) is 0 Å².